The molecule has 0 bridgehead atoms. The fourth-order valence-corrected chi connectivity index (χ4v) is 5.98. The van der Waals surface area contributed by atoms with Gasteiger partial charge in [0, 0.05) is 12.3 Å². The fourth-order valence-electron chi connectivity index (χ4n) is 5.98. The van der Waals surface area contributed by atoms with Crippen molar-refractivity contribution in [2.45, 2.75) is 181 Å². The molecule has 1 saturated heterocycles. The van der Waals surface area contributed by atoms with Crippen LogP contribution < -0.4 is 21.9 Å². The maximum absolute atomic E-state index is 2.31. The third-order valence-electron chi connectivity index (χ3n) is 8.33. The maximum atomic E-state index is 2.31. The van der Waals surface area contributed by atoms with Crippen LogP contribution in [0.2, 0.25) is 0 Å². The van der Waals surface area contributed by atoms with Gasteiger partial charge < -0.3 is 21.9 Å². The van der Waals surface area contributed by atoms with Gasteiger partial charge in [-0.2, -0.15) is 0 Å². The average molecular weight is 545 g/mol. The highest BCUT2D eigenvalue weighted by molar-refractivity contribution is 4.63. The molecular formula is C32H66BrN. The summed E-state index contributed by atoms with van der Waals surface area (Å²) in [5.74, 6) is 1.06. The molecule has 1 aliphatic heterocycles. The Kier molecular flexibility index (Phi) is 28.4. The first-order valence-corrected chi connectivity index (χ1v) is 16.2. The monoisotopic (exact) mass is 543 g/mol. The summed E-state index contributed by atoms with van der Waals surface area (Å²) in [6, 6.07) is 0. The van der Waals surface area contributed by atoms with Crippen molar-refractivity contribution in [1.29, 1.82) is 0 Å². The Morgan fingerprint density at radius 3 is 1.24 bits per heavy atom. The molecule has 1 fully saturated rings. The van der Waals surface area contributed by atoms with Gasteiger partial charge in [-0.05, 0) is 19.3 Å². The van der Waals surface area contributed by atoms with Crippen molar-refractivity contribution in [3.05, 3.63) is 0 Å². The second-order valence-electron chi connectivity index (χ2n) is 11.7. The van der Waals surface area contributed by atoms with E-state index < -0.39 is 0 Å². The SMILES string of the molecule is CCCCCCCCCCCCCCC1CC[NH+](CCCCCCCCCCCCCC)C1.[Br-]. The van der Waals surface area contributed by atoms with Crippen LogP contribution in [0.4, 0.5) is 0 Å². The first kappa shape index (κ1) is 34.4. The molecule has 2 atom stereocenters. The second kappa shape index (κ2) is 28.0. The third kappa shape index (κ3) is 22.9. The molecule has 1 heterocycles. The molecule has 0 aromatic carbocycles. The number of hydrogen-bond donors (Lipinski definition) is 1. The summed E-state index contributed by atoms with van der Waals surface area (Å²) in [5, 5.41) is 0. The Bertz CT molecular complexity index is 338. The van der Waals surface area contributed by atoms with Crippen LogP contribution in [0.15, 0.2) is 0 Å². The highest BCUT2D eigenvalue weighted by Gasteiger charge is 2.24. The molecule has 34 heavy (non-hydrogen) atoms. The van der Waals surface area contributed by atoms with Gasteiger partial charge in [-0.15, -0.1) is 0 Å². The number of likely N-dealkylation sites (tertiary alicyclic amines) is 1. The lowest BCUT2D eigenvalue weighted by Crippen LogP contribution is -3.10. The smallest absolute Gasteiger partial charge is 0.0801 e. The molecular weight excluding hydrogens is 478 g/mol. The Morgan fingerprint density at radius 2 is 0.824 bits per heavy atom. The summed E-state index contributed by atoms with van der Waals surface area (Å²) in [4.78, 5) is 1.94. The van der Waals surface area contributed by atoms with Gasteiger partial charge in [0.25, 0.3) is 0 Å². The Labute approximate surface area is 227 Å². The zero-order valence-corrected chi connectivity index (χ0v) is 25.5. The summed E-state index contributed by atoms with van der Waals surface area (Å²) in [7, 11) is 0. The van der Waals surface area contributed by atoms with E-state index in [4.69, 9.17) is 0 Å². The van der Waals surface area contributed by atoms with E-state index in [0.29, 0.717) is 0 Å². The quantitative estimate of drug-likeness (QED) is 0.116. The summed E-state index contributed by atoms with van der Waals surface area (Å²) in [5.41, 5.74) is 0. The highest BCUT2D eigenvalue weighted by Crippen LogP contribution is 2.17. The highest BCUT2D eigenvalue weighted by atomic mass is 79.9. The Balaban J connectivity index is 0.0000109. The van der Waals surface area contributed by atoms with E-state index in [1.807, 2.05) is 4.90 Å². The minimum atomic E-state index is 0. The van der Waals surface area contributed by atoms with E-state index >= 15 is 0 Å². The third-order valence-corrected chi connectivity index (χ3v) is 8.33. The minimum absolute atomic E-state index is 0. The number of hydrogen-bond acceptors (Lipinski definition) is 0. The first-order chi connectivity index (χ1) is 16.4. The molecule has 2 heteroatoms. The predicted molar refractivity (Wildman–Crippen MR) is 150 cm³/mol. The molecule has 206 valence electrons. The van der Waals surface area contributed by atoms with E-state index in [1.54, 1.807) is 0 Å². The summed E-state index contributed by atoms with van der Waals surface area (Å²) >= 11 is 0. The number of nitrogens with one attached hydrogen (secondary N) is 1. The standard InChI is InChI=1S/C32H65N.BrH/c1-3-5-7-9-11-13-15-17-19-21-23-25-27-32-28-30-33(31-32)29-26-24-22-20-18-16-14-12-10-8-6-4-2;/h32H,3-31H2,1-2H3;1H. The maximum Gasteiger partial charge on any atom is 0.0801 e. The molecule has 0 radical (unpaired) electrons. The number of halogens is 1. The molecule has 1 aliphatic rings. The first-order valence-electron chi connectivity index (χ1n) is 16.2. The van der Waals surface area contributed by atoms with E-state index in [1.165, 1.54) is 187 Å². The molecule has 0 aromatic heterocycles. The molecule has 0 amide bonds. The van der Waals surface area contributed by atoms with Gasteiger partial charge in [0.15, 0.2) is 0 Å². The number of unbranched alkanes of at least 4 members (excludes halogenated alkanes) is 22. The molecule has 0 saturated carbocycles. The van der Waals surface area contributed by atoms with E-state index in [2.05, 4.69) is 13.8 Å². The molecule has 2 unspecified atom stereocenters. The van der Waals surface area contributed by atoms with Gasteiger partial charge >= 0.3 is 0 Å². The largest absolute Gasteiger partial charge is 1.00 e. The number of quaternary nitrogens is 1. The van der Waals surface area contributed by atoms with Gasteiger partial charge in [-0.3, -0.25) is 0 Å². The van der Waals surface area contributed by atoms with Gasteiger partial charge in [0.05, 0.1) is 19.6 Å². The van der Waals surface area contributed by atoms with Crippen LogP contribution in [0.5, 0.6) is 0 Å². The van der Waals surface area contributed by atoms with Crippen LogP contribution in [-0.2, 0) is 0 Å². The molecule has 1 rings (SSSR count). The van der Waals surface area contributed by atoms with Crippen molar-refractivity contribution in [3.63, 3.8) is 0 Å². The van der Waals surface area contributed by atoms with Gasteiger partial charge in [0.1, 0.15) is 0 Å². The lowest BCUT2D eigenvalue weighted by molar-refractivity contribution is -0.889. The zero-order chi connectivity index (χ0) is 23.7. The van der Waals surface area contributed by atoms with Crippen molar-refractivity contribution < 1.29 is 21.9 Å². The predicted octanol–water partition coefficient (Wildman–Crippen LogP) is 6.69. The molecule has 1 nitrogen and oxygen atoms in total. The van der Waals surface area contributed by atoms with E-state index in [9.17, 15) is 0 Å². The van der Waals surface area contributed by atoms with Gasteiger partial charge in [-0.25, -0.2) is 0 Å². The van der Waals surface area contributed by atoms with E-state index in [0.717, 1.165) is 5.92 Å². The average Bonchev–Trinajstić information content (AvgIpc) is 3.28. The van der Waals surface area contributed by atoms with Crippen LogP contribution >= 0.6 is 0 Å². The Hall–Kier alpha value is 0.440. The fraction of sp³-hybridized carbons (Fsp3) is 1.00. The van der Waals surface area contributed by atoms with Crippen molar-refractivity contribution >= 4 is 0 Å². The summed E-state index contributed by atoms with van der Waals surface area (Å²) < 4.78 is 0. The second-order valence-corrected chi connectivity index (χ2v) is 11.7. The minimum Gasteiger partial charge on any atom is -1.00 e. The zero-order valence-electron chi connectivity index (χ0n) is 24.0. The van der Waals surface area contributed by atoms with Crippen LogP contribution in [0.3, 0.4) is 0 Å². The normalized spacial score (nSPS) is 17.8. The lowest BCUT2D eigenvalue weighted by atomic mass is 9.99. The molecule has 1 N–H and O–H groups in total. The molecule has 0 aromatic rings. The molecule has 0 aliphatic carbocycles. The van der Waals surface area contributed by atoms with Crippen molar-refractivity contribution in [3.8, 4) is 0 Å². The van der Waals surface area contributed by atoms with Crippen molar-refractivity contribution in [2.75, 3.05) is 19.6 Å². The summed E-state index contributed by atoms with van der Waals surface area (Å²) in [6.07, 6.45) is 38.5. The topological polar surface area (TPSA) is 4.44 Å². The van der Waals surface area contributed by atoms with Crippen LogP contribution in [0, 0.1) is 5.92 Å². The van der Waals surface area contributed by atoms with Crippen LogP contribution in [-0.4, -0.2) is 19.6 Å². The molecule has 0 spiro atoms. The summed E-state index contributed by atoms with van der Waals surface area (Å²) in [6.45, 7) is 9.05. The van der Waals surface area contributed by atoms with Crippen molar-refractivity contribution in [2.24, 2.45) is 5.92 Å². The van der Waals surface area contributed by atoms with Crippen LogP contribution in [0.25, 0.3) is 0 Å². The van der Waals surface area contributed by atoms with Gasteiger partial charge in [-0.1, -0.05) is 155 Å². The van der Waals surface area contributed by atoms with Gasteiger partial charge in [0.2, 0.25) is 0 Å². The number of rotatable bonds is 26. The lowest BCUT2D eigenvalue weighted by Gasteiger charge is -2.13. The van der Waals surface area contributed by atoms with Crippen LogP contribution in [0.1, 0.15) is 181 Å². The van der Waals surface area contributed by atoms with E-state index in [-0.39, 0.29) is 17.0 Å². The Morgan fingerprint density at radius 1 is 0.471 bits per heavy atom. The van der Waals surface area contributed by atoms with Crippen molar-refractivity contribution in [1.82, 2.24) is 0 Å².